The van der Waals surface area contributed by atoms with Gasteiger partial charge in [-0.3, -0.25) is 0 Å². The maximum atomic E-state index is 12.1. The van der Waals surface area contributed by atoms with Crippen molar-refractivity contribution in [2.75, 3.05) is 30.4 Å². The van der Waals surface area contributed by atoms with Gasteiger partial charge in [0, 0.05) is 24.7 Å². The van der Waals surface area contributed by atoms with E-state index in [0.29, 0.717) is 17.2 Å². The summed E-state index contributed by atoms with van der Waals surface area (Å²) in [5.74, 6) is 0.950. The molecule has 0 saturated carbocycles. The molecule has 2 heterocycles. The number of para-hydroxylation sites is 1. The molecule has 1 aliphatic rings. The van der Waals surface area contributed by atoms with E-state index in [2.05, 4.69) is 10.2 Å². The highest BCUT2D eigenvalue weighted by atomic mass is 16.5. The first-order valence-electron chi connectivity index (χ1n) is 9.38. The molecule has 142 valence electrons. The number of hydrogen-bond acceptors (Lipinski definition) is 6. The molecule has 6 nitrogen and oxygen atoms in total. The van der Waals surface area contributed by atoms with Gasteiger partial charge in [-0.2, -0.15) is 4.98 Å². The predicted molar refractivity (Wildman–Crippen MR) is 110 cm³/mol. The SMILES string of the molecule is COC(=O)c1ccccc1Nc1nc(-c2ccccc2)cc(N2CCCC2)n1. The Morgan fingerprint density at radius 1 is 1.00 bits per heavy atom. The van der Waals surface area contributed by atoms with E-state index in [1.807, 2.05) is 48.5 Å². The molecule has 0 amide bonds. The first-order chi connectivity index (χ1) is 13.7. The van der Waals surface area contributed by atoms with Crippen molar-refractivity contribution in [3.63, 3.8) is 0 Å². The third-order valence-corrected chi connectivity index (χ3v) is 4.79. The van der Waals surface area contributed by atoms with Crippen molar-refractivity contribution in [1.82, 2.24) is 9.97 Å². The molecule has 0 unspecified atom stereocenters. The summed E-state index contributed by atoms with van der Waals surface area (Å²) < 4.78 is 4.88. The third-order valence-electron chi connectivity index (χ3n) is 4.79. The molecule has 1 fully saturated rings. The van der Waals surface area contributed by atoms with Crippen molar-refractivity contribution in [1.29, 1.82) is 0 Å². The fraction of sp³-hybridized carbons (Fsp3) is 0.227. The zero-order valence-corrected chi connectivity index (χ0v) is 15.8. The minimum absolute atomic E-state index is 0.401. The highest BCUT2D eigenvalue weighted by Gasteiger charge is 2.18. The lowest BCUT2D eigenvalue weighted by Crippen LogP contribution is -2.20. The molecule has 0 radical (unpaired) electrons. The zero-order valence-electron chi connectivity index (χ0n) is 15.8. The van der Waals surface area contributed by atoms with Crippen LogP contribution in [0.3, 0.4) is 0 Å². The predicted octanol–water partition coefficient (Wildman–Crippen LogP) is 4.27. The molecule has 1 saturated heterocycles. The van der Waals surface area contributed by atoms with Crippen molar-refractivity contribution in [3.8, 4) is 11.3 Å². The number of carbonyl (C=O) groups excluding carboxylic acids is 1. The molecule has 1 N–H and O–H groups in total. The fourth-order valence-corrected chi connectivity index (χ4v) is 3.36. The van der Waals surface area contributed by atoms with Gasteiger partial charge < -0.3 is 15.0 Å². The molecule has 1 aliphatic heterocycles. The number of nitrogens with one attached hydrogen (secondary N) is 1. The molecule has 0 spiro atoms. The Hall–Kier alpha value is -3.41. The Morgan fingerprint density at radius 3 is 2.46 bits per heavy atom. The number of ether oxygens (including phenoxy) is 1. The summed E-state index contributed by atoms with van der Waals surface area (Å²) in [4.78, 5) is 23.8. The molecule has 0 atom stereocenters. The Labute approximate surface area is 164 Å². The summed E-state index contributed by atoms with van der Waals surface area (Å²) in [5, 5.41) is 3.21. The smallest absolute Gasteiger partial charge is 0.339 e. The van der Waals surface area contributed by atoms with E-state index in [1.54, 1.807) is 12.1 Å². The largest absolute Gasteiger partial charge is 0.465 e. The Bertz CT molecular complexity index is 969. The zero-order chi connectivity index (χ0) is 19.3. The van der Waals surface area contributed by atoms with E-state index in [9.17, 15) is 4.79 Å². The van der Waals surface area contributed by atoms with Crippen molar-refractivity contribution in [2.45, 2.75) is 12.8 Å². The van der Waals surface area contributed by atoms with Gasteiger partial charge in [0.15, 0.2) is 0 Å². The molecule has 6 heteroatoms. The van der Waals surface area contributed by atoms with Gasteiger partial charge in [0.05, 0.1) is 24.1 Å². The first-order valence-corrected chi connectivity index (χ1v) is 9.38. The number of hydrogen-bond donors (Lipinski definition) is 1. The standard InChI is InChI=1S/C22H22N4O2/c1-28-21(27)17-11-5-6-12-18(17)23-22-24-19(16-9-3-2-4-10-16)15-20(25-22)26-13-7-8-14-26/h2-6,9-12,15H,7-8,13-14H2,1H3,(H,23,24,25). The summed E-state index contributed by atoms with van der Waals surface area (Å²) >= 11 is 0. The van der Waals surface area contributed by atoms with E-state index in [0.717, 1.165) is 30.2 Å². The van der Waals surface area contributed by atoms with Gasteiger partial charge in [-0.05, 0) is 25.0 Å². The van der Waals surface area contributed by atoms with Gasteiger partial charge in [-0.1, -0.05) is 42.5 Å². The van der Waals surface area contributed by atoms with Gasteiger partial charge in [0.2, 0.25) is 5.95 Å². The highest BCUT2D eigenvalue weighted by Crippen LogP contribution is 2.27. The number of anilines is 3. The fourth-order valence-electron chi connectivity index (χ4n) is 3.36. The second-order valence-electron chi connectivity index (χ2n) is 6.66. The van der Waals surface area contributed by atoms with Crippen LogP contribution in [0.4, 0.5) is 17.5 Å². The van der Waals surface area contributed by atoms with Crippen LogP contribution in [0.5, 0.6) is 0 Å². The van der Waals surface area contributed by atoms with Gasteiger partial charge in [0.25, 0.3) is 0 Å². The maximum absolute atomic E-state index is 12.1. The van der Waals surface area contributed by atoms with Gasteiger partial charge in [-0.15, -0.1) is 0 Å². The van der Waals surface area contributed by atoms with Crippen molar-refractivity contribution in [2.24, 2.45) is 0 Å². The summed E-state index contributed by atoms with van der Waals surface area (Å²) in [7, 11) is 1.37. The van der Waals surface area contributed by atoms with Crippen LogP contribution in [0.25, 0.3) is 11.3 Å². The molecule has 4 rings (SSSR count). The normalized spacial score (nSPS) is 13.4. The minimum Gasteiger partial charge on any atom is -0.465 e. The molecular formula is C22H22N4O2. The topological polar surface area (TPSA) is 67.3 Å². The van der Waals surface area contributed by atoms with E-state index in [1.165, 1.54) is 20.0 Å². The first kappa shape index (κ1) is 18.0. The average Bonchev–Trinajstić information content (AvgIpc) is 3.29. The van der Waals surface area contributed by atoms with Crippen LogP contribution < -0.4 is 10.2 Å². The lowest BCUT2D eigenvalue weighted by Gasteiger charge is -2.19. The van der Waals surface area contributed by atoms with Crippen LogP contribution in [-0.4, -0.2) is 36.1 Å². The summed E-state index contributed by atoms with van der Waals surface area (Å²) in [6, 6.07) is 19.3. The number of esters is 1. The summed E-state index contributed by atoms with van der Waals surface area (Å²) in [6.45, 7) is 1.98. The number of nitrogens with zero attached hydrogens (tertiary/aromatic N) is 3. The van der Waals surface area contributed by atoms with Crippen molar-refractivity contribution >= 4 is 23.4 Å². The number of benzene rings is 2. The van der Waals surface area contributed by atoms with Crippen molar-refractivity contribution < 1.29 is 9.53 Å². The van der Waals surface area contributed by atoms with Gasteiger partial charge >= 0.3 is 5.97 Å². The molecule has 2 aromatic carbocycles. The average molecular weight is 374 g/mol. The van der Waals surface area contributed by atoms with Crippen LogP contribution >= 0.6 is 0 Å². The lowest BCUT2D eigenvalue weighted by atomic mass is 10.1. The quantitative estimate of drug-likeness (QED) is 0.673. The maximum Gasteiger partial charge on any atom is 0.339 e. The summed E-state index contributed by atoms with van der Waals surface area (Å²) in [6.07, 6.45) is 2.33. The molecule has 0 aliphatic carbocycles. The van der Waals surface area contributed by atoms with Crippen LogP contribution in [0.15, 0.2) is 60.7 Å². The summed E-state index contributed by atoms with van der Waals surface area (Å²) in [5.41, 5.74) is 2.93. The third kappa shape index (κ3) is 3.81. The van der Waals surface area contributed by atoms with Crippen LogP contribution in [0.1, 0.15) is 23.2 Å². The molecule has 1 aromatic heterocycles. The van der Waals surface area contributed by atoms with E-state index in [4.69, 9.17) is 14.7 Å². The van der Waals surface area contributed by atoms with E-state index >= 15 is 0 Å². The minimum atomic E-state index is -0.401. The van der Waals surface area contributed by atoms with Crippen LogP contribution in [0, 0.1) is 0 Å². The van der Waals surface area contributed by atoms with E-state index in [-0.39, 0.29) is 0 Å². The number of rotatable bonds is 5. The molecule has 28 heavy (non-hydrogen) atoms. The second kappa shape index (κ2) is 8.08. The lowest BCUT2D eigenvalue weighted by molar-refractivity contribution is 0.0602. The van der Waals surface area contributed by atoms with E-state index < -0.39 is 5.97 Å². The van der Waals surface area contributed by atoms with Gasteiger partial charge in [0.1, 0.15) is 5.82 Å². The molecule has 0 bridgehead atoms. The Morgan fingerprint density at radius 2 is 1.71 bits per heavy atom. The van der Waals surface area contributed by atoms with Crippen molar-refractivity contribution in [3.05, 3.63) is 66.2 Å². The number of aromatic nitrogens is 2. The monoisotopic (exact) mass is 374 g/mol. The highest BCUT2D eigenvalue weighted by molar-refractivity contribution is 5.96. The van der Waals surface area contributed by atoms with Gasteiger partial charge in [-0.25, -0.2) is 9.78 Å². The van der Waals surface area contributed by atoms with Crippen LogP contribution in [-0.2, 0) is 4.74 Å². The molecule has 3 aromatic rings. The number of methoxy groups -OCH3 is 1. The second-order valence-corrected chi connectivity index (χ2v) is 6.66. The Kier molecular flexibility index (Phi) is 5.19. The van der Waals surface area contributed by atoms with Crippen LogP contribution in [0.2, 0.25) is 0 Å². The Balaban J connectivity index is 1.74. The molecular weight excluding hydrogens is 352 g/mol. The number of carbonyl (C=O) groups is 1.